The number of aromatic nitrogens is 2. The number of hydrogen-bond acceptors (Lipinski definition) is 8. The van der Waals surface area contributed by atoms with Crippen molar-refractivity contribution in [2.75, 3.05) is 0 Å². The van der Waals surface area contributed by atoms with Crippen molar-refractivity contribution in [2.45, 2.75) is 4.90 Å². The van der Waals surface area contributed by atoms with Gasteiger partial charge in [-0.3, -0.25) is 30.2 Å². The molecule has 4 aromatic rings. The van der Waals surface area contributed by atoms with E-state index in [9.17, 15) is 31.9 Å². The second-order valence-electron chi connectivity index (χ2n) is 6.49. The van der Waals surface area contributed by atoms with E-state index in [0.29, 0.717) is 17.3 Å². The van der Waals surface area contributed by atoms with Crippen molar-refractivity contribution < 1.29 is 41.2 Å². The van der Waals surface area contributed by atoms with Gasteiger partial charge in [-0.25, -0.2) is 8.42 Å². The van der Waals surface area contributed by atoms with Crippen LogP contribution in [0.5, 0.6) is 0 Å². The van der Waals surface area contributed by atoms with E-state index in [0.717, 1.165) is 12.1 Å². The Kier molecular flexibility index (Phi) is 10.7. The first-order chi connectivity index (χ1) is 17.3. The zero-order valence-corrected chi connectivity index (χ0v) is 20.4. The molecule has 0 bridgehead atoms. The van der Waals surface area contributed by atoms with Gasteiger partial charge in [-0.15, -0.1) is 5.69 Å². The maximum Gasteiger partial charge on any atom is 0.0267 e. The van der Waals surface area contributed by atoms with Gasteiger partial charge in [0.15, 0.2) is 0 Å². The number of pyridine rings is 2. The minimum atomic E-state index is -4.53. The molecule has 2 heterocycles. The minimum absolute atomic E-state index is 0.0360. The van der Waals surface area contributed by atoms with Crippen LogP contribution in [0.2, 0.25) is 0 Å². The molecule has 0 saturated heterocycles. The maximum atomic E-state index is 12.7. The Morgan fingerprint density at radius 2 is 1.44 bits per heavy atom. The predicted octanol–water partition coefficient (Wildman–Crippen LogP) is 5.46. The van der Waals surface area contributed by atoms with Crippen LogP contribution in [0.25, 0.3) is 16.0 Å². The van der Waals surface area contributed by atoms with Crippen LogP contribution in [0.3, 0.4) is 0 Å². The fourth-order valence-electron chi connectivity index (χ4n) is 2.76. The molecule has 2 aromatic carbocycles. The maximum absolute atomic E-state index is 12.7. The Morgan fingerprint density at radius 1 is 0.806 bits per heavy atom. The fraction of sp³-hybridized carbons (Fsp3) is 0. The third-order valence-electron chi connectivity index (χ3n) is 4.26. The number of benzene rings is 2. The molecule has 0 unspecified atom stereocenters. The van der Waals surface area contributed by atoms with E-state index < -0.39 is 36.1 Å². The molecule has 2 aromatic heterocycles. The van der Waals surface area contributed by atoms with Gasteiger partial charge >= 0.3 is 22.9 Å². The third-order valence-corrected chi connectivity index (χ3v) is 5.60. The van der Waals surface area contributed by atoms with E-state index in [1.54, 1.807) is 48.8 Å². The van der Waals surface area contributed by atoms with Crippen molar-refractivity contribution >= 4 is 27.1 Å². The molecule has 0 fully saturated rings. The SMILES string of the molecule is O=[N+]([O-])c1ccc(S(=O)(=O)[N-]c2ccccc2-c2ccccn2)c([N+](=O)[O-])c1.[F][Pd+].c1ccncc1. The van der Waals surface area contributed by atoms with Gasteiger partial charge in [0, 0.05) is 24.7 Å². The average molecular weight is 604 g/mol. The first kappa shape index (κ1) is 28.1. The fourth-order valence-corrected chi connectivity index (χ4v) is 3.92. The van der Waals surface area contributed by atoms with E-state index in [1.807, 2.05) is 18.2 Å². The molecular formula is C22H16FN5O6PdS. The van der Waals surface area contributed by atoms with Gasteiger partial charge in [0.05, 0.1) is 21.6 Å². The van der Waals surface area contributed by atoms with Crippen LogP contribution in [0.1, 0.15) is 0 Å². The van der Waals surface area contributed by atoms with Crippen LogP contribution in [-0.2, 0) is 29.7 Å². The number of hydrogen-bond donors (Lipinski definition) is 0. The summed E-state index contributed by atoms with van der Waals surface area (Å²) in [6.45, 7) is 0. The van der Waals surface area contributed by atoms with Crippen molar-refractivity contribution in [3.05, 3.63) is 122 Å². The summed E-state index contributed by atoms with van der Waals surface area (Å²) < 4.78 is 38.5. The molecule has 0 aliphatic heterocycles. The molecule has 36 heavy (non-hydrogen) atoms. The van der Waals surface area contributed by atoms with Crippen LogP contribution >= 0.6 is 0 Å². The Balaban J connectivity index is 0.000000491. The summed E-state index contributed by atoms with van der Waals surface area (Å²) in [5.41, 5.74) is -0.604. The first-order valence-electron chi connectivity index (χ1n) is 9.68. The Labute approximate surface area is 216 Å². The molecule has 0 atom stereocenters. The third kappa shape index (κ3) is 7.70. The molecule has 0 saturated carbocycles. The zero-order valence-electron chi connectivity index (χ0n) is 18.0. The molecule has 0 radical (unpaired) electrons. The summed E-state index contributed by atoms with van der Waals surface area (Å²) in [6.07, 6.45) is 5.03. The normalized spacial score (nSPS) is 10.1. The number of nitro groups is 2. The van der Waals surface area contributed by atoms with Gasteiger partial charge in [0.2, 0.25) is 0 Å². The molecular weight excluding hydrogens is 588 g/mol. The van der Waals surface area contributed by atoms with Crippen molar-refractivity contribution in [1.29, 1.82) is 0 Å². The topological polar surface area (TPSA) is 160 Å². The zero-order chi connectivity index (χ0) is 26.6. The first-order valence-corrected chi connectivity index (χ1v) is 11.7. The van der Waals surface area contributed by atoms with Crippen molar-refractivity contribution in [3.63, 3.8) is 0 Å². The summed E-state index contributed by atoms with van der Waals surface area (Å²) in [4.78, 5) is 27.4. The van der Waals surface area contributed by atoms with E-state index in [4.69, 9.17) is 0 Å². The van der Waals surface area contributed by atoms with Crippen LogP contribution in [0.4, 0.5) is 20.3 Å². The van der Waals surface area contributed by atoms with Crippen molar-refractivity contribution in [3.8, 4) is 11.3 Å². The Bertz CT molecular complexity index is 1390. The predicted molar refractivity (Wildman–Crippen MR) is 125 cm³/mol. The quantitative estimate of drug-likeness (QED) is 0.159. The number of nitro benzene ring substituents is 2. The summed E-state index contributed by atoms with van der Waals surface area (Å²) in [6, 6.07) is 19.3. The van der Waals surface area contributed by atoms with Crippen molar-refractivity contribution in [1.82, 2.24) is 9.97 Å². The summed E-state index contributed by atoms with van der Waals surface area (Å²) in [5, 5.41) is 22.1. The average Bonchev–Trinajstić information content (AvgIpc) is 2.91. The molecule has 0 aliphatic rings. The van der Waals surface area contributed by atoms with Gasteiger partial charge < -0.3 is 4.72 Å². The van der Waals surface area contributed by atoms with Crippen LogP contribution in [0.15, 0.2) is 102 Å². The minimum Gasteiger partial charge on any atom is -0.265 e. The molecule has 11 nitrogen and oxygen atoms in total. The van der Waals surface area contributed by atoms with Gasteiger partial charge in [-0.1, -0.05) is 36.4 Å². The van der Waals surface area contributed by atoms with Gasteiger partial charge in [-0.2, -0.15) is 0 Å². The number of halogens is 1. The van der Waals surface area contributed by atoms with Crippen LogP contribution < -0.4 is 0 Å². The molecule has 0 aliphatic carbocycles. The van der Waals surface area contributed by atoms with Crippen LogP contribution in [0, 0.1) is 20.2 Å². The summed E-state index contributed by atoms with van der Waals surface area (Å²) in [5.74, 6) is 0. The van der Waals surface area contributed by atoms with E-state index >= 15 is 0 Å². The van der Waals surface area contributed by atoms with Gasteiger partial charge in [0.1, 0.15) is 14.9 Å². The van der Waals surface area contributed by atoms with Gasteiger partial charge in [0.25, 0.3) is 11.4 Å². The largest absolute Gasteiger partial charge is 0.265 e. The summed E-state index contributed by atoms with van der Waals surface area (Å²) in [7, 11) is -4.53. The molecule has 0 spiro atoms. The Hall–Kier alpha value is -4.12. The van der Waals surface area contributed by atoms with E-state index in [1.165, 1.54) is 32.0 Å². The number of nitrogens with zero attached hydrogens (tertiary/aromatic N) is 5. The molecule has 4 rings (SSSR count). The van der Waals surface area contributed by atoms with E-state index in [2.05, 4.69) is 14.7 Å². The monoisotopic (exact) mass is 603 g/mol. The smallest absolute Gasteiger partial charge is 0.0267 e. The Morgan fingerprint density at radius 3 is 1.97 bits per heavy atom. The number of rotatable bonds is 6. The second kappa shape index (κ2) is 13.7. The molecule has 188 valence electrons. The number of non-ortho nitro benzene ring substituents is 1. The van der Waals surface area contributed by atoms with Crippen molar-refractivity contribution in [2.24, 2.45) is 0 Å². The van der Waals surface area contributed by atoms with E-state index in [-0.39, 0.29) is 5.69 Å². The molecule has 14 heteroatoms. The van der Waals surface area contributed by atoms with Gasteiger partial charge in [-0.05, 0) is 35.9 Å². The molecule has 0 N–H and O–H groups in total. The van der Waals surface area contributed by atoms with Crippen LogP contribution in [-0.4, -0.2) is 28.2 Å². The second-order valence-corrected chi connectivity index (χ2v) is 8.06. The molecule has 0 amide bonds. The standard InChI is InChI=1S/C17H11N4O6S.C5H5N.FH.Pd/c22-20(23)12-8-9-17(16(11-12)21(24)25)28(26,27)19-15-7-2-1-5-13(15)14-6-3-4-10-18-14;1-2-4-6-5-3-1;;/h1-11H;1-5H;1H;/q-1;;;+2/p-1. The number of sulfonamides is 1. The summed E-state index contributed by atoms with van der Waals surface area (Å²) >= 11 is 1.25.